The number of cyclic esters (lactones) is 2. The van der Waals surface area contributed by atoms with Gasteiger partial charge in [0.15, 0.2) is 0 Å². The van der Waals surface area contributed by atoms with E-state index in [1.165, 1.54) is 0 Å². The molecule has 0 saturated carbocycles. The molecule has 0 spiro atoms. The first-order chi connectivity index (χ1) is 10.5. The van der Waals surface area contributed by atoms with Gasteiger partial charge in [0.05, 0.1) is 0 Å². The third kappa shape index (κ3) is 2.80. The highest BCUT2D eigenvalue weighted by Crippen LogP contribution is 2.39. The number of carbonyl (C=O) groups is 2. The number of carbonyl (C=O) groups excluding carboxylic acids is 2. The fourth-order valence-corrected chi connectivity index (χ4v) is 2.80. The van der Waals surface area contributed by atoms with Crippen molar-refractivity contribution in [3.05, 3.63) is 68.6 Å². The van der Waals surface area contributed by atoms with E-state index in [9.17, 15) is 9.59 Å². The Bertz CT molecular complexity index is 659. The molecule has 2 aromatic carbocycles. The lowest BCUT2D eigenvalue weighted by molar-refractivity contribution is -0.234. The van der Waals surface area contributed by atoms with E-state index in [4.69, 9.17) is 9.47 Å². The smallest absolute Gasteiger partial charge is 0.320 e. The highest BCUT2D eigenvalue weighted by molar-refractivity contribution is 9.10. The zero-order valence-corrected chi connectivity index (χ0v) is 14.4. The molecule has 0 aromatic heterocycles. The highest BCUT2D eigenvalue weighted by atomic mass is 79.9. The number of halogens is 2. The van der Waals surface area contributed by atoms with Gasteiger partial charge in [-0.3, -0.25) is 9.59 Å². The fraction of sp³-hybridized carbons (Fsp3) is 0.125. The van der Waals surface area contributed by atoms with Crippen LogP contribution in [-0.2, 0) is 24.8 Å². The third-order valence-electron chi connectivity index (χ3n) is 3.25. The minimum absolute atomic E-state index is 0.380. The van der Waals surface area contributed by atoms with E-state index in [-0.39, 0.29) is 6.42 Å². The van der Waals surface area contributed by atoms with Crippen LogP contribution in [-0.4, -0.2) is 11.9 Å². The number of hydrogen-bond donors (Lipinski definition) is 0. The molecule has 2 aromatic rings. The molecule has 112 valence electrons. The van der Waals surface area contributed by atoms with Gasteiger partial charge in [-0.2, -0.15) is 0 Å². The SMILES string of the molecule is O=C1CC(=O)OC(c2ccc(Br)cc2)(c2ccc(Br)cc2)O1. The second kappa shape index (κ2) is 5.85. The molecule has 22 heavy (non-hydrogen) atoms. The summed E-state index contributed by atoms with van der Waals surface area (Å²) in [5, 5.41) is 0. The van der Waals surface area contributed by atoms with Gasteiger partial charge in [-0.05, 0) is 48.5 Å². The molecular weight excluding hydrogens is 416 g/mol. The van der Waals surface area contributed by atoms with Crippen LogP contribution in [0.15, 0.2) is 57.5 Å². The van der Waals surface area contributed by atoms with Crippen molar-refractivity contribution in [1.29, 1.82) is 0 Å². The van der Waals surface area contributed by atoms with Crippen molar-refractivity contribution in [2.45, 2.75) is 12.2 Å². The molecule has 1 aliphatic rings. The monoisotopic (exact) mass is 424 g/mol. The summed E-state index contributed by atoms with van der Waals surface area (Å²) in [7, 11) is 0. The minimum Gasteiger partial charge on any atom is -0.413 e. The maximum absolute atomic E-state index is 11.8. The molecule has 0 atom stereocenters. The van der Waals surface area contributed by atoms with Crippen LogP contribution >= 0.6 is 31.9 Å². The van der Waals surface area contributed by atoms with Crippen molar-refractivity contribution in [3.63, 3.8) is 0 Å². The summed E-state index contributed by atoms with van der Waals surface area (Å²) < 4.78 is 12.7. The van der Waals surface area contributed by atoms with Crippen molar-refractivity contribution in [2.24, 2.45) is 0 Å². The van der Waals surface area contributed by atoms with Crippen LogP contribution < -0.4 is 0 Å². The van der Waals surface area contributed by atoms with Gasteiger partial charge in [0, 0.05) is 20.1 Å². The summed E-state index contributed by atoms with van der Waals surface area (Å²) in [4.78, 5) is 23.7. The molecule has 3 rings (SSSR count). The van der Waals surface area contributed by atoms with Crippen molar-refractivity contribution in [2.75, 3.05) is 0 Å². The summed E-state index contributed by atoms with van der Waals surface area (Å²) in [6, 6.07) is 14.2. The predicted molar refractivity (Wildman–Crippen MR) is 85.9 cm³/mol. The van der Waals surface area contributed by atoms with Crippen LogP contribution in [0.5, 0.6) is 0 Å². The van der Waals surface area contributed by atoms with Gasteiger partial charge >= 0.3 is 17.7 Å². The first kappa shape index (κ1) is 15.2. The van der Waals surface area contributed by atoms with Gasteiger partial charge in [0.25, 0.3) is 0 Å². The lowest BCUT2D eigenvalue weighted by Crippen LogP contribution is -2.43. The molecule has 0 aliphatic carbocycles. The quantitative estimate of drug-likeness (QED) is 0.540. The van der Waals surface area contributed by atoms with E-state index in [2.05, 4.69) is 31.9 Å². The standard InChI is InChI=1S/C16H10Br2O4/c17-12-5-1-10(2-6-12)16(11-3-7-13(18)8-4-11)21-14(19)9-15(20)22-16/h1-8H,9H2. The highest BCUT2D eigenvalue weighted by Gasteiger charge is 2.46. The van der Waals surface area contributed by atoms with Gasteiger partial charge in [0.2, 0.25) is 0 Å². The molecule has 0 radical (unpaired) electrons. The van der Waals surface area contributed by atoms with Crippen molar-refractivity contribution in [3.8, 4) is 0 Å². The van der Waals surface area contributed by atoms with Crippen molar-refractivity contribution in [1.82, 2.24) is 0 Å². The third-order valence-corrected chi connectivity index (χ3v) is 4.31. The van der Waals surface area contributed by atoms with Gasteiger partial charge < -0.3 is 9.47 Å². The van der Waals surface area contributed by atoms with Gasteiger partial charge in [-0.25, -0.2) is 0 Å². The van der Waals surface area contributed by atoms with Crippen molar-refractivity contribution >= 4 is 43.8 Å². The Balaban J connectivity index is 2.17. The first-order valence-corrected chi connectivity index (χ1v) is 8.04. The Labute approximate surface area is 143 Å². The summed E-state index contributed by atoms with van der Waals surface area (Å²) in [5.74, 6) is -2.77. The average molecular weight is 426 g/mol. The van der Waals surface area contributed by atoms with Crippen LogP contribution in [0.3, 0.4) is 0 Å². The predicted octanol–water partition coefficient (Wildman–Crippen LogP) is 3.90. The Morgan fingerprint density at radius 2 is 1.09 bits per heavy atom. The summed E-state index contributed by atoms with van der Waals surface area (Å²) in [6.07, 6.45) is -0.380. The molecule has 1 aliphatic heterocycles. The molecule has 1 saturated heterocycles. The lowest BCUT2D eigenvalue weighted by atomic mass is 9.96. The second-order valence-corrected chi connectivity index (χ2v) is 6.59. The fourth-order valence-electron chi connectivity index (χ4n) is 2.27. The Kier molecular flexibility index (Phi) is 4.06. The van der Waals surface area contributed by atoms with Gasteiger partial charge in [-0.1, -0.05) is 31.9 Å². The zero-order valence-electron chi connectivity index (χ0n) is 11.2. The number of hydrogen-bond acceptors (Lipinski definition) is 4. The maximum atomic E-state index is 11.8. The van der Waals surface area contributed by atoms with Crippen molar-refractivity contribution < 1.29 is 19.1 Å². The molecule has 4 nitrogen and oxygen atoms in total. The first-order valence-electron chi connectivity index (χ1n) is 6.45. The van der Waals surface area contributed by atoms with Crippen LogP contribution in [0.1, 0.15) is 17.5 Å². The van der Waals surface area contributed by atoms with E-state index in [0.29, 0.717) is 11.1 Å². The minimum atomic E-state index is -1.55. The molecule has 0 bridgehead atoms. The Morgan fingerprint density at radius 1 is 0.727 bits per heavy atom. The molecule has 0 unspecified atom stereocenters. The maximum Gasteiger partial charge on any atom is 0.320 e. The zero-order chi connectivity index (χ0) is 15.7. The largest absolute Gasteiger partial charge is 0.413 e. The normalized spacial score (nSPS) is 16.8. The van der Waals surface area contributed by atoms with E-state index in [1.807, 2.05) is 0 Å². The molecule has 1 fully saturated rings. The van der Waals surface area contributed by atoms with E-state index in [0.717, 1.165) is 8.95 Å². The number of ether oxygens (including phenoxy) is 2. The molecule has 0 N–H and O–H groups in total. The summed E-state index contributed by atoms with van der Waals surface area (Å²) >= 11 is 6.71. The van der Waals surface area contributed by atoms with Crippen LogP contribution in [0.2, 0.25) is 0 Å². The Morgan fingerprint density at radius 3 is 1.45 bits per heavy atom. The summed E-state index contributed by atoms with van der Waals surface area (Å²) in [6.45, 7) is 0. The van der Waals surface area contributed by atoms with E-state index < -0.39 is 17.7 Å². The van der Waals surface area contributed by atoms with Crippen LogP contribution in [0, 0.1) is 0 Å². The lowest BCUT2D eigenvalue weighted by Gasteiger charge is -2.36. The number of benzene rings is 2. The second-order valence-electron chi connectivity index (χ2n) is 4.76. The topological polar surface area (TPSA) is 52.6 Å². The number of rotatable bonds is 2. The number of esters is 2. The van der Waals surface area contributed by atoms with E-state index >= 15 is 0 Å². The van der Waals surface area contributed by atoms with Crippen LogP contribution in [0.25, 0.3) is 0 Å². The molecule has 6 heteroatoms. The molecule has 0 amide bonds. The van der Waals surface area contributed by atoms with Gasteiger partial charge in [-0.15, -0.1) is 0 Å². The van der Waals surface area contributed by atoms with Gasteiger partial charge in [0.1, 0.15) is 6.42 Å². The average Bonchev–Trinajstić information content (AvgIpc) is 2.47. The molecular formula is C16H10Br2O4. The molecule has 1 heterocycles. The van der Waals surface area contributed by atoms with Crippen LogP contribution in [0.4, 0.5) is 0 Å². The summed E-state index contributed by atoms with van der Waals surface area (Å²) in [5.41, 5.74) is 1.14. The Hall–Kier alpha value is -1.66. The van der Waals surface area contributed by atoms with E-state index in [1.54, 1.807) is 48.5 Å².